The van der Waals surface area contributed by atoms with E-state index >= 15 is 0 Å². The first-order chi connectivity index (χ1) is 13.6. The lowest BCUT2D eigenvalue weighted by Crippen LogP contribution is -2.61. The van der Waals surface area contributed by atoms with Gasteiger partial charge in [0.1, 0.15) is 5.56 Å². The number of amides is 1. The Bertz CT molecular complexity index is 845. The van der Waals surface area contributed by atoms with Crippen LogP contribution in [-0.2, 0) is 11.3 Å². The topological polar surface area (TPSA) is 94.2 Å². The zero-order valence-corrected chi connectivity index (χ0v) is 16.1. The van der Waals surface area contributed by atoms with Gasteiger partial charge in [0.05, 0.1) is 24.9 Å². The summed E-state index contributed by atoms with van der Waals surface area (Å²) >= 11 is 0. The monoisotopic (exact) mass is 385 g/mol. The summed E-state index contributed by atoms with van der Waals surface area (Å²) in [4.78, 5) is 13.2. The van der Waals surface area contributed by atoms with Crippen molar-refractivity contribution >= 4 is 5.91 Å². The molecule has 6 rings (SSSR count). The molecular formula is C20H27N5O3. The van der Waals surface area contributed by atoms with Crippen LogP contribution in [0.3, 0.4) is 0 Å². The van der Waals surface area contributed by atoms with Gasteiger partial charge in [0.25, 0.3) is 5.91 Å². The maximum atomic E-state index is 13.2. The van der Waals surface area contributed by atoms with E-state index in [4.69, 9.17) is 4.74 Å². The number of aromatic nitrogens is 4. The number of rotatable bonds is 6. The lowest BCUT2D eigenvalue weighted by Gasteiger charge is -2.58. The molecule has 2 aromatic heterocycles. The number of carbonyl (C=O) groups is 1. The van der Waals surface area contributed by atoms with Crippen molar-refractivity contribution in [3.05, 3.63) is 30.2 Å². The van der Waals surface area contributed by atoms with Crippen LogP contribution in [0.4, 0.5) is 0 Å². The summed E-state index contributed by atoms with van der Waals surface area (Å²) in [6.45, 7) is 1.05. The van der Waals surface area contributed by atoms with Crippen LogP contribution in [0.5, 0.6) is 0 Å². The number of hydrogen-bond donors (Lipinski definition) is 2. The first-order valence-corrected chi connectivity index (χ1v) is 10.1. The van der Waals surface area contributed by atoms with Crippen molar-refractivity contribution in [3.8, 4) is 5.82 Å². The molecule has 2 atom stereocenters. The maximum absolute atomic E-state index is 13.2. The van der Waals surface area contributed by atoms with Gasteiger partial charge in [0.15, 0.2) is 5.82 Å². The summed E-state index contributed by atoms with van der Waals surface area (Å²) in [7, 11) is 1.64. The largest absolute Gasteiger partial charge is 0.390 e. The van der Waals surface area contributed by atoms with E-state index in [1.807, 2.05) is 12.3 Å². The molecule has 0 radical (unpaired) electrons. The van der Waals surface area contributed by atoms with E-state index in [9.17, 15) is 9.90 Å². The van der Waals surface area contributed by atoms with Crippen molar-refractivity contribution in [3.63, 3.8) is 0 Å². The second-order valence-corrected chi connectivity index (χ2v) is 8.74. The van der Waals surface area contributed by atoms with Gasteiger partial charge < -0.3 is 15.2 Å². The molecule has 4 saturated carbocycles. The van der Waals surface area contributed by atoms with E-state index in [0.717, 1.165) is 32.1 Å². The zero-order chi connectivity index (χ0) is 19.3. The Morgan fingerprint density at radius 1 is 1.32 bits per heavy atom. The van der Waals surface area contributed by atoms with Gasteiger partial charge in [0.2, 0.25) is 0 Å². The third-order valence-electron chi connectivity index (χ3n) is 6.82. The van der Waals surface area contributed by atoms with Crippen molar-refractivity contribution < 1.29 is 14.6 Å². The normalized spacial score (nSPS) is 33.4. The van der Waals surface area contributed by atoms with E-state index in [-0.39, 0.29) is 11.9 Å². The molecule has 8 nitrogen and oxygen atoms in total. The smallest absolute Gasteiger partial charge is 0.256 e. The second-order valence-electron chi connectivity index (χ2n) is 8.74. The van der Waals surface area contributed by atoms with Gasteiger partial charge in [-0.05, 0) is 55.9 Å². The second kappa shape index (κ2) is 6.70. The summed E-state index contributed by atoms with van der Waals surface area (Å²) in [5.74, 6) is 1.90. The van der Waals surface area contributed by atoms with Gasteiger partial charge >= 0.3 is 0 Å². The molecule has 2 unspecified atom stereocenters. The van der Waals surface area contributed by atoms with Crippen LogP contribution < -0.4 is 5.32 Å². The quantitative estimate of drug-likeness (QED) is 0.784. The number of carbonyl (C=O) groups excluding carboxylic acids is 1. The number of aliphatic hydroxyl groups is 1. The highest BCUT2D eigenvalue weighted by atomic mass is 16.5. The Hall–Kier alpha value is -2.19. The molecule has 2 N–H and O–H groups in total. The van der Waals surface area contributed by atoms with E-state index < -0.39 is 5.60 Å². The molecule has 0 aromatic carbocycles. The third-order valence-corrected chi connectivity index (χ3v) is 6.82. The van der Waals surface area contributed by atoms with Gasteiger partial charge in [-0.1, -0.05) is 0 Å². The summed E-state index contributed by atoms with van der Waals surface area (Å²) in [5.41, 5.74) is 0.0236. The lowest BCUT2D eigenvalue weighted by molar-refractivity contribution is -0.136. The van der Waals surface area contributed by atoms with Gasteiger partial charge in [-0.25, -0.2) is 9.36 Å². The molecule has 150 valence electrons. The summed E-state index contributed by atoms with van der Waals surface area (Å²) < 4.78 is 8.60. The highest BCUT2D eigenvalue weighted by Crippen LogP contribution is 2.55. The molecule has 4 aliphatic rings. The van der Waals surface area contributed by atoms with Crippen molar-refractivity contribution in [2.24, 2.45) is 17.8 Å². The molecule has 4 fully saturated rings. The molecule has 28 heavy (non-hydrogen) atoms. The first kappa shape index (κ1) is 17.9. The van der Waals surface area contributed by atoms with Crippen LogP contribution >= 0.6 is 0 Å². The summed E-state index contributed by atoms with van der Waals surface area (Å²) in [5, 5.41) is 22.8. The molecule has 0 spiro atoms. The standard InChI is InChI=1S/C20H27N5O3/c1-28-6-5-25-19(24-4-2-3-21-24)16(12-22-25)18(26)23-17-14-7-13-8-15(17)11-20(27,9-13)10-14/h2-4,12-15,17,27H,5-11H2,1H3,(H,23,26). The molecular weight excluding hydrogens is 358 g/mol. The van der Waals surface area contributed by atoms with Crippen LogP contribution in [0.25, 0.3) is 5.82 Å². The molecule has 4 aliphatic carbocycles. The maximum Gasteiger partial charge on any atom is 0.256 e. The Labute approximate surface area is 163 Å². The molecule has 4 bridgehead atoms. The fraction of sp³-hybridized carbons (Fsp3) is 0.650. The molecule has 8 heteroatoms. The minimum atomic E-state index is -0.497. The van der Waals surface area contributed by atoms with Gasteiger partial charge in [0, 0.05) is 25.5 Å². The van der Waals surface area contributed by atoms with Crippen LogP contribution in [0.15, 0.2) is 24.7 Å². The van der Waals surface area contributed by atoms with Crippen molar-refractivity contribution in [1.29, 1.82) is 0 Å². The highest BCUT2D eigenvalue weighted by molar-refractivity contribution is 5.97. The van der Waals surface area contributed by atoms with E-state index in [2.05, 4.69) is 15.5 Å². The predicted molar refractivity (Wildman–Crippen MR) is 101 cm³/mol. The zero-order valence-electron chi connectivity index (χ0n) is 16.1. The summed E-state index contributed by atoms with van der Waals surface area (Å²) in [6, 6.07) is 1.96. The number of nitrogens with one attached hydrogen (secondary N) is 1. The highest BCUT2D eigenvalue weighted by Gasteiger charge is 2.55. The number of ether oxygens (including phenoxy) is 1. The molecule has 1 amide bonds. The number of nitrogens with zero attached hydrogens (tertiary/aromatic N) is 4. The van der Waals surface area contributed by atoms with Crippen LogP contribution in [0.2, 0.25) is 0 Å². The van der Waals surface area contributed by atoms with Crippen LogP contribution in [0, 0.1) is 17.8 Å². The van der Waals surface area contributed by atoms with Crippen LogP contribution in [0.1, 0.15) is 42.5 Å². The molecule has 0 aliphatic heterocycles. The van der Waals surface area contributed by atoms with E-state index in [1.165, 1.54) is 0 Å². The lowest BCUT2D eigenvalue weighted by atomic mass is 9.52. The predicted octanol–water partition coefficient (Wildman–Crippen LogP) is 1.38. The van der Waals surface area contributed by atoms with Crippen molar-refractivity contribution in [2.45, 2.75) is 50.3 Å². The average Bonchev–Trinajstić information content (AvgIpc) is 3.30. The first-order valence-electron chi connectivity index (χ1n) is 10.1. The molecule has 2 heterocycles. The Morgan fingerprint density at radius 2 is 2.11 bits per heavy atom. The number of hydrogen-bond acceptors (Lipinski definition) is 5. The fourth-order valence-corrected chi connectivity index (χ4v) is 5.96. The fourth-order valence-electron chi connectivity index (χ4n) is 5.96. The van der Waals surface area contributed by atoms with Gasteiger partial charge in [-0.2, -0.15) is 10.2 Å². The Balaban J connectivity index is 1.40. The summed E-state index contributed by atoms with van der Waals surface area (Å²) in [6.07, 6.45) is 9.91. The minimum absolute atomic E-state index is 0.112. The van der Waals surface area contributed by atoms with E-state index in [1.54, 1.807) is 28.9 Å². The Morgan fingerprint density at radius 3 is 2.75 bits per heavy atom. The molecule has 0 saturated heterocycles. The minimum Gasteiger partial charge on any atom is -0.390 e. The SMILES string of the molecule is COCCn1ncc(C(=O)NC2C3CC4CC2CC(O)(C4)C3)c1-n1cccn1. The van der Waals surface area contributed by atoms with Gasteiger partial charge in [-0.15, -0.1) is 0 Å². The van der Waals surface area contributed by atoms with Crippen LogP contribution in [-0.4, -0.2) is 55.9 Å². The average molecular weight is 385 g/mol. The van der Waals surface area contributed by atoms with E-state index in [0.29, 0.717) is 42.3 Å². The van der Waals surface area contributed by atoms with Gasteiger partial charge in [-0.3, -0.25) is 4.79 Å². The number of methoxy groups -OCH3 is 1. The van der Waals surface area contributed by atoms with Crippen molar-refractivity contribution in [2.75, 3.05) is 13.7 Å². The molecule has 2 aromatic rings. The Kier molecular flexibility index (Phi) is 4.28. The van der Waals surface area contributed by atoms with Crippen molar-refractivity contribution in [1.82, 2.24) is 24.9 Å². The third kappa shape index (κ3) is 2.95.